The van der Waals surface area contributed by atoms with Gasteiger partial charge in [-0.25, -0.2) is 5.11 Å². The molecule has 0 aromatic rings. The van der Waals surface area contributed by atoms with Crippen molar-refractivity contribution in [3.63, 3.8) is 0 Å². The van der Waals surface area contributed by atoms with Gasteiger partial charge in [0.2, 0.25) is 0 Å². The molecule has 0 aromatic carbocycles. The molecule has 1 fully saturated rings. The number of ether oxygens (including phenoxy) is 1. The number of rotatable bonds is 0. The van der Waals surface area contributed by atoms with Gasteiger partial charge in [-0.3, -0.25) is 0 Å². The van der Waals surface area contributed by atoms with Crippen LogP contribution < -0.4 is 5.32 Å². The lowest BCUT2D eigenvalue weighted by atomic mass is 10.4. The second kappa shape index (κ2) is 3.02. The van der Waals surface area contributed by atoms with E-state index in [1.807, 2.05) is 0 Å². The van der Waals surface area contributed by atoms with Gasteiger partial charge in [0.15, 0.2) is 0 Å². The molecule has 1 heterocycles. The molecule has 1 aliphatic rings. The molecule has 1 atom stereocenters. The van der Waals surface area contributed by atoms with Gasteiger partial charge >= 0.3 is 0 Å². The third kappa shape index (κ3) is 1.78. The minimum atomic E-state index is -0.558. The lowest BCUT2D eigenvalue weighted by Crippen LogP contribution is -2.25. The summed E-state index contributed by atoms with van der Waals surface area (Å²) in [6.07, 6.45) is -0.558. The average Bonchev–Trinajstić information content (AvgIpc) is 1.94. The summed E-state index contributed by atoms with van der Waals surface area (Å²) < 4.78 is 4.93. The first kappa shape index (κ1) is 6.01. The Labute approximate surface area is 48.7 Å². The third-order valence-corrected chi connectivity index (χ3v) is 1.10. The molecule has 0 aromatic heterocycles. The van der Waals surface area contributed by atoms with E-state index >= 15 is 0 Å². The minimum Gasteiger partial charge on any atom is -0.377 e. The smallest absolute Gasteiger partial charge is 0.129 e. The standard InChI is InChI=1S/C5H10NO2/c7-5-3-6-1-2-8-4-5/h5-6H,1-4H2. The van der Waals surface area contributed by atoms with Crippen LogP contribution in [0.1, 0.15) is 0 Å². The highest BCUT2D eigenvalue weighted by molar-refractivity contribution is 4.60. The van der Waals surface area contributed by atoms with Gasteiger partial charge in [0.05, 0.1) is 13.2 Å². The summed E-state index contributed by atoms with van der Waals surface area (Å²) in [4.78, 5) is 0. The lowest BCUT2D eigenvalue weighted by Gasteiger charge is -1.99. The summed E-state index contributed by atoms with van der Waals surface area (Å²) in [5.41, 5.74) is 0. The van der Waals surface area contributed by atoms with Gasteiger partial charge in [0, 0.05) is 13.1 Å². The molecule has 3 nitrogen and oxygen atoms in total. The van der Waals surface area contributed by atoms with Gasteiger partial charge in [-0.2, -0.15) is 0 Å². The Morgan fingerprint density at radius 2 is 2.50 bits per heavy atom. The molecule has 1 radical (unpaired) electrons. The number of hydrogen-bond donors (Lipinski definition) is 1. The van der Waals surface area contributed by atoms with Crippen LogP contribution in [0.15, 0.2) is 0 Å². The molecule has 0 saturated carbocycles. The van der Waals surface area contributed by atoms with E-state index in [0.717, 1.165) is 6.54 Å². The van der Waals surface area contributed by atoms with E-state index in [1.54, 1.807) is 0 Å². The fraction of sp³-hybridized carbons (Fsp3) is 1.00. The van der Waals surface area contributed by atoms with Crippen molar-refractivity contribution in [3.05, 3.63) is 0 Å². The second-order valence-electron chi connectivity index (χ2n) is 1.90. The average molecular weight is 116 g/mol. The lowest BCUT2D eigenvalue weighted by molar-refractivity contribution is 0.0163. The minimum absolute atomic E-state index is 0.368. The van der Waals surface area contributed by atoms with Crippen LogP contribution in [0.4, 0.5) is 0 Å². The summed E-state index contributed by atoms with van der Waals surface area (Å²) in [5.74, 6) is 0. The van der Waals surface area contributed by atoms with Crippen LogP contribution in [-0.2, 0) is 9.84 Å². The quantitative estimate of drug-likeness (QED) is 0.459. The SMILES string of the molecule is [O]C1CNCCOC1. The summed E-state index contributed by atoms with van der Waals surface area (Å²) in [6.45, 7) is 2.42. The summed E-state index contributed by atoms with van der Waals surface area (Å²) in [5, 5.41) is 13.5. The Hall–Kier alpha value is -0.120. The summed E-state index contributed by atoms with van der Waals surface area (Å²) >= 11 is 0. The second-order valence-corrected chi connectivity index (χ2v) is 1.90. The fourth-order valence-electron chi connectivity index (χ4n) is 0.681. The Morgan fingerprint density at radius 1 is 1.62 bits per heavy atom. The van der Waals surface area contributed by atoms with Crippen molar-refractivity contribution in [3.8, 4) is 0 Å². The van der Waals surface area contributed by atoms with Crippen LogP contribution in [-0.4, -0.2) is 32.4 Å². The van der Waals surface area contributed by atoms with E-state index in [-0.39, 0.29) is 0 Å². The molecule has 1 unspecified atom stereocenters. The van der Waals surface area contributed by atoms with Gasteiger partial charge < -0.3 is 10.1 Å². The van der Waals surface area contributed by atoms with Crippen LogP contribution in [0.3, 0.4) is 0 Å². The van der Waals surface area contributed by atoms with Gasteiger partial charge in [-0.15, -0.1) is 0 Å². The monoisotopic (exact) mass is 116 g/mol. The van der Waals surface area contributed by atoms with E-state index in [1.165, 1.54) is 0 Å². The van der Waals surface area contributed by atoms with Crippen LogP contribution in [0, 0.1) is 0 Å². The predicted octanol–water partition coefficient (Wildman–Crippen LogP) is -0.595. The van der Waals surface area contributed by atoms with Crippen molar-refractivity contribution in [2.75, 3.05) is 26.3 Å². The first-order valence-corrected chi connectivity index (χ1v) is 2.84. The Balaban J connectivity index is 2.17. The van der Waals surface area contributed by atoms with E-state index in [0.29, 0.717) is 19.8 Å². The molecule has 0 bridgehead atoms. The maximum Gasteiger partial charge on any atom is 0.129 e. The van der Waals surface area contributed by atoms with Crippen molar-refractivity contribution in [1.29, 1.82) is 0 Å². The molecule has 1 aliphatic heterocycles. The Kier molecular flexibility index (Phi) is 2.27. The molecule has 0 spiro atoms. The van der Waals surface area contributed by atoms with Crippen molar-refractivity contribution < 1.29 is 9.84 Å². The molecule has 8 heavy (non-hydrogen) atoms. The molecule has 0 aliphatic carbocycles. The molecular formula is C5H10NO2. The van der Waals surface area contributed by atoms with Gasteiger partial charge in [0.1, 0.15) is 6.10 Å². The fourth-order valence-corrected chi connectivity index (χ4v) is 0.681. The zero-order chi connectivity index (χ0) is 5.82. The normalized spacial score (nSPS) is 31.9. The summed E-state index contributed by atoms with van der Waals surface area (Å²) in [6, 6.07) is 0. The van der Waals surface area contributed by atoms with E-state index in [2.05, 4.69) is 5.32 Å². The first-order chi connectivity index (χ1) is 3.89. The Morgan fingerprint density at radius 3 is 3.38 bits per heavy atom. The van der Waals surface area contributed by atoms with E-state index < -0.39 is 6.10 Å². The van der Waals surface area contributed by atoms with Crippen LogP contribution in [0.2, 0.25) is 0 Å². The van der Waals surface area contributed by atoms with Gasteiger partial charge in [-0.1, -0.05) is 0 Å². The zero-order valence-corrected chi connectivity index (χ0v) is 4.72. The number of nitrogens with one attached hydrogen (secondary N) is 1. The maximum absolute atomic E-state index is 10.6. The van der Waals surface area contributed by atoms with Gasteiger partial charge in [0.25, 0.3) is 0 Å². The molecule has 1 rings (SSSR count). The predicted molar refractivity (Wildman–Crippen MR) is 28.2 cm³/mol. The number of hydrogen-bond acceptors (Lipinski definition) is 2. The Bertz CT molecular complexity index is 59.4. The summed E-state index contributed by atoms with van der Waals surface area (Å²) in [7, 11) is 0. The molecule has 47 valence electrons. The van der Waals surface area contributed by atoms with Crippen molar-refractivity contribution in [2.24, 2.45) is 0 Å². The maximum atomic E-state index is 10.6. The molecule has 1 N–H and O–H groups in total. The molecular weight excluding hydrogens is 106 g/mol. The van der Waals surface area contributed by atoms with Crippen molar-refractivity contribution in [1.82, 2.24) is 5.32 Å². The third-order valence-electron chi connectivity index (χ3n) is 1.10. The van der Waals surface area contributed by atoms with Crippen molar-refractivity contribution in [2.45, 2.75) is 6.10 Å². The highest BCUT2D eigenvalue weighted by atomic mass is 16.5. The van der Waals surface area contributed by atoms with Crippen molar-refractivity contribution >= 4 is 0 Å². The molecule has 0 amide bonds. The van der Waals surface area contributed by atoms with Gasteiger partial charge in [-0.05, 0) is 0 Å². The van der Waals surface area contributed by atoms with E-state index in [4.69, 9.17) is 4.74 Å². The zero-order valence-electron chi connectivity index (χ0n) is 4.72. The van der Waals surface area contributed by atoms with Crippen LogP contribution in [0.5, 0.6) is 0 Å². The molecule has 3 heteroatoms. The van der Waals surface area contributed by atoms with Crippen LogP contribution in [0.25, 0.3) is 0 Å². The van der Waals surface area contributed by atoms with Crippen LogP contribution >= 0.6 is 0 Å². The molecule has 1 saturated heterocycles. The highest BCUT2D eigenvalue weighted by Gasteiger charge is 2.08. The van der Waals surface area contributed by atoms with E-state index in [9.17, 15) is 5.11 Å². The largest absolute Gasteiger partial charge is 0.377 e. The highest BCUT2D eigenvalue weighted by Crippen LogP contribution is 1.87. The topological polar surface area (TPSA) is 41.2 Å². The first-order valence-electron chi connectivity index (χ1n) is 2.84.